The predicted octanol–water partition coefficient (Wildman–Crippen LogP) is 0.781. The summed E-state index contributed by atoms with van der Waals surface area (Å²) in [6.45, 7) is 0. The Hall–Kier alpha value is -1.30. The second-order valence-electron chi connectivity index (χ2n) is 4.26. The standard InChI is InChI=1S/C11H15N2O3S/c14-11-10(7-4-8-12-11)13-17(15,16)9-5-2-1-3-6-9/h4,7-9,13H,1-3,5-6H2. The van der Waals surface area contributed by atoms with E-state index in [1.807, 2.05) is 0 Å². The molecule has 0 atom stereocenters. The van der Waals surface area contributed by atoms with E-state index in [1.165, 1.54) is 12.3 Å². The number of allylic oxidation sites excluding steroid dienone is 2. The zero-order chi connectivity index (χ0) is 12.3. The monoisotopic (exact) mass is 255 g/mol. The summed E-state index contributed by atoms with van der Waals surface area (Å²) < 4.78 is 26.4. The molecule has 1 fully saturated rings. The van der Waals surface area contributed by atoms with Gasteiger partial charge in [0.25, 0.3) is 5.91 Å². The number of hydrogen-bond donors (Lipinski definition) is 1. The van der Waals surface area contributed by atoms with Gasteiger partial charge in [0.15, 0.2) is 0 Å². The number of sulfonamides is 1. The summed E-state index contributed by atoms with van der Waals surface area (Å²) in [5.74, 6) is -0.535. The van der Waals surface area contributed by atoms with E-state index in [0.717, 1.165) is 19.3 Å². The molecule has 1 heterocycles. The zero-order valence-electron chi connectivity index (χ0n) is 9.43. The molecule has 93 valence electrons. The van der Waals surface area contributed by atoms with Gasteiger partial charge in [0.2, 0.25) is 10.0 Å². The van der Waals surface area contributed by atoms with Crippen LogP contribution in [-0.2, 0) is 14.8 Å². The van der Waals surface area contributed by atoms with Gasteiger partial charge in [-0.15, -0.1) is 0 Å². The Morgan fingerprint density at radius 2 is 1.94 bits per heavy atom. The van der Waals surface area contributed by atoms with Crippen LogP contribution in [0.2, 0.25) is 0 Å². The third-order valence-electron chi connectivity index (χ3n) is 3.01. The Bertz CT molecular complexity index is 459. The van der Waals surface area contributed by atoms with Gasteiger partial charge in [-0.25, -0.2) is 13.7 Å². The van der Waals surface area contributed by atoms with E-state index in [4.69, 9.17) is 0 Å². The van der Waals surface area contributed by atoms with Crippen LogP contribution in [0.1, 0.15) is 32.1 Å². The van der Waals surface area contributed by atoms with Crippen molar-refractivity contribution in [1.29, 1.82) is 0 Å². The van der Waals surface area contributed by atoms with Crippen LogP contribution in [0.25, 0.3) is 0 Å². The Kier molecular flexibility index (Phi) is 3.51. The third kappa shape index (κ3) is 2.88. The average Bonchev–Trinajstić information content (AvgIpc) is 2.33. The Morgan fingerprint density at radius 3 is 2.59 bits per heavy atom. The summed E-state index contributed by atoms with van der Waals surface area (Å²) in [5.41, 5.74) is 0.0399. The minimum Gasteiger partial charge on any atom is -0.278 e. The maximum Gasteiger partial charge on any atom is 0.293 e. The Balaban J connectivity index is 2.08. The first-order valence-corrected chi connectivity index (χ1v) is 7.28. The summed E-state index contributed by atoms with van der Waals surface area (Å²) >= 11 is 0. The smallest absolute Gasteiger partial charge is 0.278 e. The first kappa shape index (κ1) is 12.2. The molecule has 2 rings (SSSR count). The molecule has 17 heavy (non-hydrogen) atoms. The van der Waals surface area contributed by atoms with E-state index in [0.29, 0.717) is 12.8 Å². The van der Waals surface area contributed by atoms with Crippen molar-refractivity contribution < 1.29 is 13.2 Å². The SMILES string of the molecule is O=C1[N]C=CC=C1NS(=O)(=O)C1CCCCC1. The topological polar surface area (TPSA) is 77.3 Å². The van der Waals surface area contributed by atoms with Gasteiger partial charge >= 0.3 is 0 Å². The number of carbonyl (C=O) groups is 1. The summed E-state index contributed by atoms with van der Waals surface area (Å²) in [7, 11) is -3.45. The number of hydrogen-bond acceptors (Lipinski definition) is 3. The zero-order valence-corrected chi connectivity index (χ0v) is 10.2. The van der Waals surface area contributed by atoms with Crippen LogP contribution in [0, 0.1) is 0 Å². The van der Waals surface area contributed by atoms with Crippen LogP contribution < -0.4 is 10.0 Å². The van der Waals surface area contributed by atoms with E-state index in [-0.39, 0.29) is 10.9 Å². The van der Waals surface area contributed by atoms with Gasteiger partial charge in [-0.2, -0.15) is 0 Å². The number of nitrogens with zero attached hydrogens (tertiary/aromatic N) is 1. The number of nitrogens with one attached hydrogen (secondary N) is 1. The minimum absolute atomic E-state index is 0.0399. The van der Waals surface area contributed by atoms with Crippen LogP contribution in [0.5, 0.6) is 0 Å². The van der Waals surface area contributed by atoms with Crippen molar-refractivity contribution in [2.75, 3.05) is 0 Å². The lowest BCUT2D eigenvalue weighted by Crippen LogP contribution is -2.38. The van der Waals surface area contributed by atoms with Crippen molar-refractivity contribution >= 4 is 15.9 Å². The Labute approximate surface area is 101 Å². The number of amides is 1. The highest BCUT2D eigenvalue weighted by atomic mass is 32.2. The third-order valence-corrected chi connectivity index (χ3v) is 4.87. The van der Waals surface area contributed by atoms with E-state index in [2.05, 4.69) is 10.0 Å². The van der Waals surface area contributed by atoms with E-state index in [9.17, 15) is 13.2 Å². The lowest BCUT2D eigenvalue weighted by atomic mass is 10.0. The van der Waals surface area contributed by atoms with Crippen molar-refractivity contribution in [3.8, 4) is 0 Å². The first-order chi connectivity index (χ1) is 8.09. The number of carbonyl (C=O) groups excluding carboxylic acids is 1. The summed E-state index contributed by atoms with van der Waals surface area (Å²) in [6.07, 6.45) is 8.63. The summed E-state index contributed by atoms with van der Waals surface area (Å²) in [6, 6.07) is 0. The average molecular weight is 255 g/mol. The van der Waals surface area contributed by atoms with Crippen molar-refractivity contribution in [3.63, 3.8) is 0 Å². The minimum atomic E-state index is -3.45. The van der Waals surface area contributed by atoms with Crippen LogP contribution in [0.4, 0.5) is 0 Å². The van der Waals surface area contributed by atoms with Crippen LogP contribution in [0.15, 0.2) is 24.0 Å². The molecule has 1 N–H and O–H groups in total. The van der Waals surface area contributed by atoms with Gasteiger partial charge in [-0.1, -0.05) is 19.3 Å². The molecule has 6 heteroatoms. The second kappa shape index (κ2) is 4.91. The largest absolute Gasteiger partial charge is 0.293 e. The lowest BCUT2D eigenvalue weighted by Gasteiger charge is -2.23. The van der Waals surface area contributed by atoms with E-state index in [1.54, 1.807) is 6.08 Å². The maximum absolute atomic E-state index is 12.0. The van der Waals surface area contributed by atoms with Crippen molar-refractivity contribution in [1.82, 2.24) is 10.0 Å². The molecule has 1 aliphatic carbocycles. The molecule has 1 aliphatic heterocycles. The molecule has 0 aromatic carbocycles. The van der Waals surface area contributed by atoms with Crippen molar-refractivity contribution in [2.45, 2.75) is 37.4 Å². The van der Waals surface area contributed by atoms with Gasteiger partial charge in [0.1, 0.15) is 5.70 Å². The highest BCUT2D eigenvalue weighted by Crippen LogP contribution is 2.23. The molecular formula is C11H15N2O3S. The molecule has 0 saturated heterocycles. The highest BCUT2D eigenvalue weighted by molar-refractivity contribution is 7.90. The maximum atomic E-state index is 12.0. The van der Waals surface area contributed by atoms with Gasteiger partial charge in [0.05, 0.1) is 5.25 Å². The molecule has 0 unspecified atom stereocenters. The summed E-state index contributed by atoms with van der Waals surface area (Å²) in [5, 5.41) is 3.15. The molecule has 0 bridgehead atoms. The normalized spacial score (nSPS) is 21.9. The van der Waals surface area contributed by atoms with Crippen LogP contribution in [0.3, 0.4) is 0 Å². The quantitative estimate of drug-likeness (QED) is 0.809. The van der Waals surface area contributed by atoms with E-state index < -0.39 is 15.9 Å². The highest BCUT2D eigenvalue weighted by Gasteiger charge is 2.29. The fourth-order valence-electron chi connectivity index (χ4n) is 2.08. The van der Waals surface area contributed by atoms with Crippen LogP contribution in [-0.4, -0.2) is 19.6 Å². The molecule has 2 aliphatic rings. The van der Waals surface area contributed by atoms with E-state index >= 15 is 0 Å². The molecule has 0 spiro atoms. The van der Waals surface area contributed by atoms with Crippen LogP contribution >= 0.6 is 0 Å². The Morgan fingerprint density at radius 1 is 1.24 bits per heavy atom. The molecule has 1 saturated carbocycles. The van der Waals surface area contributed by atoms with Gasteiger partial charge < -0.3 is 0 Å². The number of rotatable bonds is 3. The molecule has 1 radical (unpaired) electrons. The lowest BCUT2D eigenvalue weighted by molar-refractivity contribution is -0.117. The molecule has 5 nitrogen and oxygen atoms in total. The molecule has 0 aromatic rings. The van der Waals surface area contributed by atoms with Crippen molar-refractivity contribution in [3.05, 3.63) is 24.0 Å². The summed E-state index contributed by atoms with van der Waals surface area (Å²) in [4.78, 5) is 11.3. The van der Waals surface area contributed by atoms with Gasteiger partial charge in [0, 0.05) is 6.20 Å². The second-order valence-corrected chi connectivity index (χ2v) is 6.22. The molecule has 1 amide bonds. The first-order valence-electron chi connectivity index (χ1n) is 5.73. The fourth-order valence-corrected chi connectivity index (χ4v) is 3.66. The molecular weight excluding hydrogens is 240 g/mol. The molecule has 0 aromatic heterocycles. The van der Waals surface area contributed by atoms with Crippen molar-refractivity contribution in [2.24, 2.45) is 0 Å². The van der Waals surface area contributed by atoms with Gasteiger partial charge in [-0.05, 0) is 25.0 Å². The predicted molar refractivity (Wildman–Crippen MR) is 63.3 cm³/mol. The fraction of sp³-hybridized carbons (Fsp3) is 0.545. The van der Waals surface area contributed by atoms with Gasteiger partial charge in [-0.3, -0.25) is 9.52 Å².